The number of nitrogens with one attached hydrogen (secondary N) is 2. The van der Waals surface area contributed by atoms with Gasteiger partial charge in [-0.05, 0) is 29.3 Å². The molecular formula is C17H18ClF2N3O2. The molecule has 8 heteroatoms. The van der Waals surface area contributed by atoms with Gasteiger partial charge >= 0.3 is 6.61 Å². The second kappa shape index (κ2) is 9.90. The molecule has 1 aromatic heterocycles. The second-order valence-corrected chi connectivity index (χ2v) is 5.62. The highest BCUT2D eigenvalue weighted by atomic mass is 35.5. The summed E-state index contributed by atoms with van der Waals surface area (Å²) in [6, 6.07) is 8.28. The Labute approximate surface area is 149 Å². The van der Waals surface area contributed by atoms with E-state index in [4.69, 9.17) is 11.6 Å². The van der Waals surface area contributed by atoms with Crippen LogP contribution in [-0.4, -0.2) is 24.0 Å². The number of aromatic nitrogens is 1. The van der Waals surface area contributed by atoms with Gasteiger partial charge in [-0.15, -0.1) is 0 Å². The highest BCUT2D eigenvalue weighted by molar-refractivity contribution is 6.32. The minimum Gasteiger partial charge on any atom is -0.433 e. The van der Waals surface area contributed by atoms with Crippen LogP contribution < -0.4 is 15.4 Å². The number of amides is 1. The Morgan fingerprint density at radius 3 is 2.76 bits per heavy atom. The lowest BCUT2D eigenvalue weighted by Gasteiger charge is -2.09. The van der Waals surface area contributed by atoms with E-state index in [-0.39, 0.29) is 16.7 Å². The lowest BCUT2D eigenvalue weighted by atomic mass is 10.2. The molecule has 2 N–H and O–H groups in total. The fourth-order valence-corrected chi connectivity index (χ4v) is 2.32. The van der Waals surface area contributed by atoms with Gasteiger partial charge in [0.2, 0.25) is 5.91 Å². The fraction of sp³-hybridized carbons (Fsp3) is 0.294. The summed E-state index contributed by atoms with van der Waals surface area (Å²) in [5, 5.41) is 6.02. The van der Waals surface area contributed by atoms with Gasteiger partial charge in [0.05, 0.1) is 5.02 Å². The SMILES string of the molecule is O=C(CCNCc1ccc(OC(F)F)c(Cl)c1)NCc1cccnc1. The average molecular weight is 370 g/mol. The van der Waals surface area contributed by atoms with Crippen LogP contribution in [0, 0.1) is 0 Å². The summed E-state index contributed by atoms with van der Waals surface area (Å²) in [6.45, 7) is -1.53. The van der Waals surface area contributed by atoms with Crippen LogP contribution in [0.15, 0.2) is 42.7 Å². The van der Waals surface area contributed by atoms with E-state index in [0.717, 1.165) is 11.1 Å². The number of benzene rings is 1. The zero-order valence-electron chi connectivity index (χ0n) is 13.3. The number of hydrogen-bond acceptors (Lipinski definition) is 4. The molecule has 0 radical (unpaired) electrons. The van der Waals surface area contributed by atoms with Crippen molar-refractivity contribution in [3.63, 3.8) is 0 Å². The molecule has 0 saturated carbocycles. The Morgan fingerprint density at radius 2 is 2.08 bits per heavy atom. The minimum atomic E-state index is -2.91. The van der Waals surface area contributed by atoms with E-state index in [2.05, 4.69) is 20.4 Å². The minimum absolute atomic E-state index is 0.0600. The quantitative estimate of drug-likeness (QED) is 0.667. The summed E-state index contributed by atoms with van der Waals surface area (Å²) in [5.41, 5.74) is 1.74. The Balaban J connectivity index is 1.67. The zero-order valence-corrected chi connectivity index (χ0v) is 14.1. The van der Waals surface area contributed by atoms with Crippen LogP contribution in [0.2, 0.25) is 5.02 Å². The number of pyridine rings is 1. The molecule has 1 heterocycles. The predicted octanol–water partition coefficient (Wildman–Crippen LogP) is 3.13. The van der Waals surface area contributed by atoms with Gasteiger partial charge in [0.25, 0.3) is 0 Å². The molecule has 25 heavy (non-hydrogen) atoms. The van der Waals surface area contributed by atoms with Crippen LogP contribution in [0.3, 0.4) is 0 Å². The lowest BCUT2D eigenvalue weighted by molar-refractivity contribution is -0.121. The molecule has 0 atom stereocenters. The van der Waals surface area contributed by atoms with Crippen LogP contribution in [0.1, 0.15) is 17.5 Å². The second-order valence-electron chi connectivity index (χ2n) is 5.21. The van der Waals surface area contributed by atoms with Gasteiger partial charge < -0.3 is 15.4 Å². The number of carbonyl (C=O) groups excluding carboxylic acids is 1. The van der Waals surface area contributed by atoms with E-state index in [9.17, 15) is 13.6 Å². The fourth-order valence-electron chi connectivity index (χ4n) is 2.07. The summed E-state index contributed by atoms with van der Waals surface area (Å²) in [7, 11) is 0. The molecule has 0 saturated heterocycles. The molecule has 0 aliphatic carbocycles. The number of rotatable bonds is 9. The molecule has 134 valence electrons. The van der Waals surface area contributed by atoms with E-state index >= 15 is 0 Å². The van der Waals surface area contributed by atoms with Crippen molar-refractivity contribution in [2.75, 3.05) is 6.54 Å². The van der Waals surface area contributed by atoms with Gasteiger partial charge in [0, 0.05) is 38.4 Å². The van der Waals surface area contributed by atoms with Crippen LogP contribution in [0.25, 0.3) is 0 Å². The molecule has 2 rings (SSSR count). The van der Waals surface area contributed by atoms with Gasteiger partial charge in [0.15, 0.2) is 0 Å². The maximum absolute atomic E-state index is 12.2. The summed E-state index contributed by atoms with van der Waals surface area (Å²) in [6.07, 6.45) is 3.69. The third-order valence-electron chi connectivity index (χ3n) is 3.28. The van der Waals surface area contributed by atoms with Gasteiger partial charge in [0.1, 0.15) is 5.75 Å². The first kappa shape index (κ1) is 19.1. The van der Waals surface area contributed by atoms with Crippen molar-refractivity contribution < 1.29 is 18.3 Å². The molecule has 1 aromatic carbocycles. The molecule has 0 bridgehead atoms. The third kappa shape index (κ3) is 7.03. The molecule has 5 nitrogen and oxygen atoms in total. The number of carbonyl (C=O) groups is 1. The van der Waals surface area contributed by atoms with Crippen molar-refractivity contribution >= 4 is 17.5 Å². The van der Waals surface area contributed by atoms with Gasteiger partial charge in [-0.3, -0.25) is 9.78 Å². The molecule has 0 spiro atoms. The van der Waals surface area contributed by atoms with Crippen molar-refractivity contribution in [2.24, 2.45) is 0 Å². The van der Waals surface area contributed by atoms with Crippen LogP contribution in [0.4, 0.5) is 8.78 Å². The smallest absolute Gasteiger partial charge is 0.387 e. The average Bonchev–Trinajstić information content (AvgIpc) is 2.60. The van der Waals surface area contributed by atoms with Gasteiger partial charge in [-0.2, -0.15) is 8.78 Å². The van der Waals surface area contributed by atoms with E-state index in [1.54, 1.807) is 24.5 Å². The molecule has 0 aliphatic rings. The zero-order chi connectivity index (χ0) is 18.1. The number of nitrogens with zero attached hydrogens (tertiary/aromatic N) is 1. The van der Waals surface area contributed by atoms with Crippen LogP contribution >= 0.6 is 11.6 Å². The number of hydrogen-bond donors (Lipinski definition) is 2. The standard InChI is InChI=1S/C17H18ClF2N3O2/c18-14-8-12(3-4-15(14)25-17(19)20)9-22-7-5-16(24)23-11-13-2-1-6-21-10-13/h1-4,6,8,10,17,22H,5,7,9,11H2,(H,23,24). The first-order valence-electron chi connectivity index (χ1n) is 7.64. The molecule has 0 aliphatic heterocycles. The Bertz CT molecular complexity index is 687. The van der Waals surface area contributed by atoms with Crippen molar-refractivity contribution in [2.45, 2.75) is 26.1 Å². The lowest BCUT2D eigenvalue weighted by Crippen LogP contribution is -2.27. The van der Waals surface area contributed by atoms with E-state index in [0.29, 0.717) is 26.1 Å². The molecule has 0 unspecified atom stereocenters. The summed E-state index contributed by atoms with van der Waals surface area (Å²) in [5.74, 6) is -0.134. The number of ether oxygens (including phenoxy) is 1. The predicted molar refractivity (Wildman–Crippen MR) is 90.5 cm³/mol. The summed E-state index contributed by atoms with van der Waals surface area (Å²) >= 11 is 5.88. The van der Waals surface area contributed by atoms with E-state index in [1.165, 1.54) is 6.07 Å². The Morgan fingerprint density at radius 1 is 1.24 bits per heavy atom. The first-order chi connectivity index (χ1) is 12.0. The number of halogens is 3. The van der Waals surface area contributed by atoms with Crippen molar-refractivity contribution in [3.8, 4) is 5.75 Å². The van der Waals surface area contributed by atoms with Gasteiger partial charge in [-0.25, -0.2) is 0 Å². The third-order valence-corrected chi connectivity index (χ3v) is 3.58. The Hall–Kier alpha value is -2.25. The first-order valence-corrected chi connectivity index (χ1v) is 8.02. The largest absolute Gasteiger partial charge is 0.433 e. The van der Waals surface area contributed by atoms with Crippen molar-refractivity contribution in [1.29, 1.82) is 0 Å². The topological polar surface area (TPSA) is 63.2 Å². The highest BCUT2D eigenvalue weighted by Gasteiger charge is 2.09. The van der Waals surface area contributed by atoms with Crippen LogP contribution in [-0.2, 0) is 17.9 Å². The Kier molecular flexibility index (Phi) is 7.56. The molecule has 0 fully saturated rings. The van der Waals surface area contributed by atoms with Crippen molar-refractivity contribution in [3.05, 3.63) is 58.9 Å². The monoisotopic (exact) mass is 369 g/mol. The van der Waals surface area contributed by atoms with Gasteiger partial charge in [-0.1, -0.05) is 23.7 Å². The molecular weight excluding hydrogens is 352 g/mol. The molecule has 1 amide bonds. The van der Waals surface area contributed by atoms with E-state index in [1.807, 2.05) is 12.1 Å². The maximum Gasteiger partial charge on any atom is 0.387 e. The normalized spacial score (nSPS) is 10.7. The van der Waals surface area contributed by atoms with Crippen LogP contribution in [0.5, 0.6) is 5.75 Å². The summed E-state index contributed by atoms with van der Waals surface area (Å²) in [4.78, 5) is 15.7. The van der Waals surface area contributed by atoms with Crippen molar-refractivity contribution in [1.82, 2.24) is 15.6 Å². The maximum atomic E-state index is 12.2. The highest BCUT2D eigenvalue weighted by Crippen LogP contribution is 2.26. The van der Waals surface area contributed by atoms with E-state index < -0.39 is 6.61 Å². The summed E-state index contributed by atoms with van der Waals surface area (Å²) < 4.78 is 28.6. The molecule has 2 aromatic rings. The number of alkyl halides is 2.